The van der Waals surface area contributed by atoms with Gasteiger partial charge in [-0.2, -0.15) is 0 Å². The second kappa shape index (κ2) is 6.57. The molecule has 2 aromatic rings. The zero-order chi connectivity index (χ0) is 19.2. The van der Waals surface area contributed by atoms with Crippen molar-refractivity contribution >= 4 is 5.97 Å². The van der Waals surface area contributed by atoms with Crippen molar-refractivity contribution in [1.82, 2.24) is 0 Å². The van der Waals surface area contributed by atoms with Gasteiger partial charge in [0, 0.05) is 11.1 Å². The molecule has 0 N–H and O–H groups in total. The van der Waals surface area contributed by atoms with Crippen LogP contribution in [0.2, 0.25) is 0 Å². The Kier molecular flexibility index (Phi) is 4.72. The molecule has 26 heavy (non-hydrogen) atoms. The van der Waals surface area contributed by atoms with Crippen molar-refractivity contribution in [3.8, 4) is 5.75 Å². The zero-order valence-electron chi connectivity index (χ0n) is 17.1. The number of rotatable bonds is 4. The lowest BCUT2D eigenvalue weighted by Crippen LogP contribution is -2.17. The smallest absolute Gasteiger partial charge is 0.323 e. The van der Waals surface area contributed by atoms with Crippen LogP contribution in [0.25, 0.3) is 0 Å². The summed E-state index contributed by atoms with van der Waals surface area (Å²) in [7, 11) is 0. The van der Waals surface area contributed by atoms with E-state index < -0.39 is 0 Å². The third kappa shape index (κ3) is 3.06. The maximum atomic E-state index is 12.9. The monoisotopic (exact) mass is 350 g/mol. The largest absolute Gasteiger partial charge is 0.425 e. The summed E-state index contributed by atoms with van der Waals surface area (Å²) in [6, 6.07) is 10.7. The van der Waals surface area contributed by atoms with Crippen molar-refractivity contribution in [3.63, 3.8) is 0 Å². The van der Waals surface area contributed by atoms with Gasteiger partial charge in [-0.05, 0) is 53.9 Å². The minimum atomic E-state index is -0.325. The number of hydrogen-bond donors (Lipinski definition) is 0. The molecule has 0 amide bonds. The highest BCUT2D eigenvalue weighted by Gasteiger charge is 2.39. The zero-order valence-corrected chi connectivity index (χ0v) is 17.1. The van der Waals surface area contributed by atoms with Gasteiger partial charge in [0.1, 0.15) is 11.7 Å². The summed E-state index contributed by atoms with van der Waals surface area (Å²) in [5.74, 6) is 0.712. The first-order valence-electron chi connectivity index (χ1n) is 9.63. The fourth-order valence-corrected chi connectivity index (χ4v) is 3.58. The lowest BCUT2D eigenvalue weighted by molar-refractivity contribution is -0.133. The first-order valence-corrected chi connectivity index (χ1v) is 9.63. The quantitative estimate of drug-likeness (QED) is 0.487. The molecule has 1 aliphatic rings. The Balaban J connectivity index is 2.23. The summed E-state index contributed by atoms with van der Waals surface area (Å²) in [5.41, 5.74) is 6.89. The van der Waals surface area contributed by atoms with Crippen LogP contribution in [0.15, 0.2) is 30.3 Å². The van der Waals surface area contributed by atoms with E-state index >= 15 is 0 Å². The van der Waals surface area contributed by atoms with Crippen LogP contribution in [0.5, 0.6) is 5.75 Å². The Morgan fingerprint density at radius 3 is 2.35 bits per heavy atom. The molecule has 2 heteroatoms. The molecule has 0 saturated carbocycles. The summed E-state index contributed by atoms with van der Waals surface area (Å²) in [6.45, 7) is 15.2. The molecule has 1 aliphatic heterocycles. The number of hydrogen-bond acceptors (Lipinski definition) is 2. The Bertz CT molecular complexity index is 859. The van der Waals surface area contributed by atoms with E-state index in [1.165, 1.54) is 16.7 Å². The third-order valence-electron chi connectivity index (χ3n) is 6.03. The van der Waals surface area contributed by atoms with Crippen LogP contribution < -0.4 is 4.74 Å². The second-order valence-corrected chi connectivity index (χ2v) is 8.58. The Hall–Kier alpha value is -2.09. The van der Waals surface area contributed by atoms with E-state index in [0.29, 0.717) is 5.92 Å². The molecule has 0 bridgehead atoms. The average Bonchev–Trinajstić information content (AvgIpc) is 2.92. The van der Waals surface area contributed by atoms with Gasteiger partial charge in [0.15, 0.2) is 0 Å². The average molecular weight is 351 g/mol. The molecule has 0 aromatic heterocycles. The van der Waals surface area contributed by atoms with Gasteiger partial charge in [-0.25, -0.2) is 0 Å². The van der Waals surface area contributed by atoms with Gasteiger partial charge < -0.3 is 4.74 Å². The summed E-state index contributed by atoms with van der Waals surface area (Å²) in [5, 5.41) is 0. The molecule has 1 heterocycles. The normalized spacial score (nSPS) is 16.8. The van der Waals surface area contributed by atoms with Crippen LogP contribution >= 0.6 is 0 Å². The molecule has 0 aliphatic carbocycles. The van der Waals surface area contributed by atoms with E-state index in [9.17, 15) is 4.79 Å². The molecule has 3 rings (SSSR count). The molecule has 1 unspecified atom stereocenters. The van der Waals surface area contributed by atoms with E-state index in [4.69, 9.17) is 4.74 Å². The van der Waals surface area contributed by atoms with E-state index in [-0.39, 0.29) is 17.3 Å². The molecular formula is C24H30O2. The Labute approximate surface area is 157 Å². The standard InChI is InChI=1S/C24H30O2/c1-8-24(6,7)20-13-18(14(2)3)12-19-21(23(25)26-22(19)20)17-10-9-15(4)16(5)11-17/h9-14,21H,8H2,1-7H3. The third-order valence-corrected chi connectivity index (χ3v) is 6.03. The second-order valence-electron chi connectivity index (χ2n) is 8.58. The van der Waals surface area contributed by atoms with Gasteiger partial charge in [-0.15, -0.1) is 0 Å². The Morgan fingerprint density at radius 1 is 1.08 bits per heavy atom. The van der Waals surface area contributed by atoms with Crippen LogP contribution in [-0.4, -0.2) is 5.97 Å². The highest BCUT2D eigenvalue weighted by Crippen LogP contribution is 2.47. The fourth-order valence-electron chi connectivity index (χ4n) is 3.58. The molecule has 0 saturated heterocycles. The van der Waals surface area contributed by atoms with Gasteiger partial charge in [0.2, 0.25) is 0 Å². The lowest BCUT2D eigenvalue weighted by Gasteiger charge is -2.26. The van der Waals surface area contributed by atoms with Crippen molar-refractivity contribution in [2.24, 2.45) is 0 Å². The first kappa shape index (κ1) is 18.7. The van der Waals surface area contributed by atoms with Crippen LogP contribution in [0.1, 0.15) is 86.3 Å². The van der Waals surface area contributed by atoms with E-state index in [2.05, 4.69) is 78.8 Å². The van der Waals surface area contributed by atoms with Gasteiger partial charge in [0.25, 0.3) is 0 Å². The summed E-state index contributed by atoms with van der Waals surface area (Å²) in [6.07, 6.45) is 0.993. The Morgan fingerprint density at radius 2 is 1.77 bits per heavy atom. The topological polar surface area (TPSA) is 26.3 Å². The van der Waals surface area contributed by atoms with Crippen LogP contribution in [-0.2, 0) is 10.2 Å². The lowest BCUT2D eigenvalue weighted by atomic mass is 9.77. The molecule has 2 aromatic carbocycles. The molecule has 138 valence electrons. The minimum Gasteiger partial charge on any atom is -0.425 e. The maximum Gasteiger partial charge on any atom is 0.323 e. The predicted octanol–water partition coefficient (Wildman–Crippen LogP) is 6.17. The molecule has 1 atom stereocenters. The number of aryl methyl sites for hydroxylation is 2. The molecular weight excluding hydrogens is 320 g/mol. The van der Waals surface area contributed by atoms with Crippen molar-refractivity contribution in [2.45, 2.75) is 72.1 Å². The molecule has 0 spiro atoms. The van der Waals surface area contributed by atoms with E-state index in [1.54, 1.807) is 0 Å². The summed E-state index contributed by atoms with van der Waals surface area (Å²) >= 11 is 0. The SMILES string of the molecule is CCC(C)(C)c1cc(C(C)C)cc2c1OC(=O)C2c1ccc(C)c(C)c1. The van der Waals surface area contributed by atoms with Crippen molar-refractivity contribution in [1.29, 1.82) is 0 Å². The number of ether oxygens (including phenoxy) is 1. The fraction of sp³-hybridized carbons (Fsp3) is 0.458. The molecule has 2 nitrogen and oxygen atoms in total. The molecule has 0 fully saturated rings. The maximum absolute atomic E-state index is 12.9. The predicted molar refractivity (Wildman–Crippen MR) is 107 cm³/mol. The minimum absolute atomic E-state index is 0.0344. The number of benzene rings is 2. The van der Waals surface area contributed by atoms with E-state index in [1.807, 2.05) is 0 Å². The highest BCUT2D eigenvalue weighted by atomic mass is 16.5. The van der Waals surface area contributed by atoms with Crippen molar-refractivity contribution < 1.29 is 9.53 Å². The number of carbonyl (C=O) groups excluding carboxylic acids is 1. The van der Waals surface area contributed by atoms with Gasteiger partial charge in [-0.1, -0.05) is 65.0 Å². The molecule has 0 radical (unpaired) electrons. The summed E-state index contributed by atoms with van der Waals surface area (Å²) < 4.78 is 5.86. The summed E-state index contributed by atoms with van der Waals surface area (Å²) in [4.78, 5) is 12.9. The van der Waals surface area contributed by atoms with Crippen LogP contribution in [0, 0.1) is 13.8 Å². The van der Waals surface area contributed by atoms with Crippen molar-refractivity contribution in [2.75, 3.05) is 0 Å². The number of esters is 1. The van der Waals surface area contributed by atoms with E-state index in [0.717, 1.165) is 28.9 Å². The van der Waals surface area contributed by atoms with Gasteiger partial charge in [-0.3, -0.25) is 4.79 Å². The van der Waals surface area contributed by atoms with Crippen molar-refractivity contribution in [3.05, 3.63) is 63.7 Å². The van der Waals surface area contributed by atoms with Crippen LogP contribution in [0.4, 0.5) is 0 Å². The van der Waals surface area contributed by atoms with Gasteiger partial charge >= 0.3 is 5.97 Å². The number of carbonyl (C=O) groups is 1. The van der Waals surface area contributed by atoms with Crippen LogP contribution in [0.3, 0.4) is 0 Å². The van der Waals surface area contributed by atoms with Gasteiger partial charge in [0.05, 0.1) is 0 Å². The first-order chi connectivity index (χ1) is 12.2. The highest BCUT2D eigenvalue weighted by molar-refractivity contribution is 5.90. The number of fused-ring (bicyclic) bond motifs is 1.